The second-order valence-corrected chi connectivity index (χ2v) is 4.95. The number of carbonyl (C=O) groups is 1. The van der Waals surface area contributed by atoms with E-state index in [-0.39, 0.29) is 11.4 Å². The number of carbonyl (C=O) groups excluding carboxylic acids is 1. The van der Waals surface area contributed by atoms with Crippen molar-refractivity contribution in [2.45, 2.75) is 38.1 Å². The molecule has 0 heterocycles. The Morgan fingerprint density at radius 3 is 2.47 bits per heavy atom. The summed E-state index contributed by atoms with van der Waals surface area (Å²) in [6.45, 7) is 2.69. The molecule has 0 radical (unpaired) electrons. The van der Waals surface area contributed by atoms with E-state index in [1.807, 2.05) is 24.3 Å². The molecule has 1 saturated carbocycles. The Morgan fingerprint density at radius 2 is 2.00 bits per heavy atom. The molecule has 3 nitrogen and oxygen atoms in total. The van der Waals surface area contributed by atoms with Crippen LogP contribution in [0.25, 0.3) is 0 Å². The molecule has 1 aromatic rings. The van der Waals surface area contributed by atoms with Crippen LogP contribution in [0.15, 0.2) is 24.3 Å². The lowest BCUT2D eigenvalue weighted by Gasteiger charge is -2.38. The van der Waals surface area contributed by atoms with Gasteiger partial charge in [0.05, 0.1) is 0 Å². The van der Waals surface area contributed by atoms with Gasteiger partial charge in [0.2, 0.25) is 0 Å². The smallest absolute Gasteiger partial charge is 0.251 e. The Labute approximate surface area is 102 Å². The van der Waals surface area contributed by atoms with E-state index in [0.717, 1.165) is 19.3 Å². The van der Waals surface area contributed by atoms with Gasteiger partial charge in [-0.05, 0) is 43.4 Å². The summed E-state index contributed by atoms with van der Waals surface area (Å²) >= 11 is 0. The number of rotatable bonds is 4. The van der Waals surface area contributed by atoms with Crippen LogP contribution in [0.5, 0.6) is 0 Å². The maximum Gasteiger partial charge on any atom is 0.251 e. The largest absolute Gasteiger partial charge is 0.350 e. The minimum absolute atomic E-state index is 0.0237. The molecular weight excluding hydrogens is 212 g/mol. The van der Waals surface area contributed by atoms with Crippen LogP contribution in [0.1, 0.15) is 42.1 Å². The first-order chi connectivity index (χ1) is 8.13. The van der Waals surface area contributed by atoms with Gasteiger partial charge in [-0.15, -0.1) is 0 Å². The lowest BCUT2D eigenvalue weighted by atomic mass is 9.78. The first-order valence-corrected chi connectivity index (χ1v) is 6.29. The quantitative estimate of drug-likeness (QED) is 0.832. The van der Waals surface area contributed by atoms with Crippen molar-refractivity contribution in [1.29, 1.82) is 0 Å². The predicted octanol–water partition coefficient (Wildman–Crippen LogP) is 1.86. The average Bonchev–Trinajstić information content (AvgIpc) is 2.33. The summed E-state index contributed by atoms with van der Waals surface area (Å²) in [5.41, 5.74) is 7.87. The van der Waals surface area contributed by atoms with E-state index < -0.39 is 0 Å². The molecule has 1 amide bonds. The number of aryl methyl sites for hydroxylation is 1. The summed E-state index contributed by atoms with van der Waals surface area (Å²) in [4.78, 5) is 11.9. The average molecular weight is 232 g/mol. The molecule has 0 bridgehead atoms. The number of hydrogen-bond donors (Lipinski definition) is 2. The Kier molecular flexibility index (Phi) is 3.48. The molecule has 1 aliphatic carbocycles. The molecule has 17 heavy (non-hydrogen) atoms. The zero-order valence-electron chi connectivity index (χ0n) is 10.3. The van der Waals surface area contributed by atoms with Gasteiger partial charge in [-0.3, -0.25) is 4.79 Å². The van der Waals surface area contributed by atoms with Gasteiger partial charge in [0.1, 0.15) is 0 Å². The summed E-state index contributed by atoms with van der Waals surface area (Å²) in [6, 6.07) is 7.74. The van der Waals surface area contributed by atoms with Crippen molar-refractivity contribution in [2.75, 3.05) is 6.54 Å². The van der Waals surface area contributed by atoms with Gasteiger partial charge in [-0.1, -0.05) is 19.1 Å². The van der Waals surface area contributed by atoms with Crippen molar-refractivity contribution >= 4 is 5.91 Å². The maximum absolute atomic E-state index is 11.9. The highest BCUT2D eigenvalue weighted by atomic mass is 16.1. The van der Waals surface area contributed by atoms with Crippen molar-refractivity contribution in [3.05, 3.63) is 35.4 Å². The summed E-state index contributed by atoms with van der Waals surface area (Å²) in [5.74, 6) is -0.0237. The van der Waals surface area contributed by atoms with Crippen molar-refractivity contribution < 1.29 is 4.79 Å². The van der Waals surface area contributed by atoms with E-state index in [0.29, 0.717) is 12.1 Å². The molecule has 0 unspecified atom stereocenters. The minimum Gasteiger partial charge on any atom is -0.350 e. The normalized spacial score (nSPS) is 17.3. The van der Waals surface area contributed by atoms with Crippen LogP contribution in [0.3, 0.4) is 0 Å². The van der Waals surface area contributed by atoms with Crippen LogP contribution >= 0.6 is 0 Å². The van der Waals surface area contributed by atoms with E-state index in [1.54, 1.807) is 0 Å². The fourth-order valence-corrected chi connectivity index (χ4v) is 2.06. The molecule has 1 fully saturated rings. The zero-order chi connectivity index (χ0) is 12.3. The van der Waals surface area contributed by atoms with Crippen LogP contribution in [0.4, 0.5) is 0 Å². The highest BCUT2D eigenvalue weighted by molar-refractivity contribution is 5.94. The Hall–Kier alpha value is -1.35. The Bertz CT molecular complexity index is 393. The summed E-state index contributed by atoms with van der Waals surface area (Å²) in [7, 11) is 0. The van der Waals surface area contributed by atoms with Crippen LogP contribution in [-0.2, 0) is 6.42 Å². The standard InChI is InChI=1S/C14H20N2O/c1-2-11-4-6-12(7-5-11)13(17)16-10-14(15)8-3-9-14/h4-7H,2-3,8-10,15H2,1H3,(H,16,17). The summed E-state index contributed by atoms with van der Waals surface area (Å²) in [5, 5.41) is 2.91. The lowest BCUT2D eigenvalue weighted by molar-refractivity contribution is 0.0930. The Morgan fingerprint density at radius 1 is 1.35 bits per heavy atom. The van der Waals surface area contributed by atoms with Gasteiger partial charge in [0.25, 0.3) is 5.91 Å². The molecule has 0 atom stereocenters. The van der Waals surface area contributed by atoms with E-state index in [4.69, 9.17) is 5.73 Å². The molecule has 92 valence electrons. The Balaban J connectivity index is 1.90. The first kappa shape index (κ1) is 12.1. The van der Waals surface area contributed by atoms with Crippen LogP contribution in [-0.4, -0.2) is 18.0 Å². The maximum atomic E-state index is 11.9. The zero-order valence-corrected chi connectivity index (χ0v) is 10.3. The lowest BCUT2D eigenvalue weighted by Crippen LogP contribution is -2.54. The molecular formula is C14H20N2O. The minimum atomic E-state index is -0.154. The second-order valence-electron chi connectivity index (χ2n) is 4.95. The van der Waals surface area contributed by atoms with Gasteiger partial charge >= 0.3 is 0 Å². The van der Waals surface area contributed by atoms with Crippen LogP contribution in [0, 0.1) is 0 Å². The molecule has 3 N–H and O–H groups in total. The molecule has 0 spiro atoms. The van der Waals surface area contributed by atoms with E-state index in [2.05, 4.69) is 12.2 Å². The van der Waals surface area contributed by atoms with Crippen molar-refractivity contribution in [3.8, 4) is 0 Å². The van der Waals surface area contributed by atoms with E-state index in [1.165, 1.54) is 12.0 Å². The third kappa shape index (κ3) is 2.86. The van der Waals surface area contributed by atoms with Crippen LogP contribution in [0.2, 0.25) is 0 Å². The molecule has 0 aliphatic heterocycles. The summed E-state index contributed by atoms with van der Waals surface area (Å²) in [6.07, 6.45) is 4.20. The van der Waals surface area contributed by atoms with Gasteiger partial charge < -0.3 is 11.1 Å². The van der Waals surface area contributed by atoms with Gasteiger partial charge in [-0.2, -0.15) is 0 Å². The fourth-order valence-electron chi connectivity index (χ4n) is 2.06. The highest BCUT2D eigenvalue weighted by Crippen LogP contribution is 2.28. The highest BCUT2D eigenvalue weighted by Gasteiger charge is 2.32. The third-order valence-corrected chi connectivity index (χ3v) is 3.57. The number of benzene rings is 1. The molecule has 1 aromatic carbocycles. The molecule has 0 saturated heterocycles. The van der Waals surface area contributed by atoms with Gasteiger partial charge in [0.15, 0.2) is 0 Å². The number of hydrogen-bond acceptors (Lipinski definition) is 2. The number of nitrogens with one attached hydrogen (secondary N) is 1. The monoisotopic (exact) mass is 232 g/mol. The first-order valence-electron chi connectivity index (χ1n) is 6.29. The third-order valence-electron chi connectivity index (χ3n) is 3.57. The molecule has 1 aliphatic rings. The topological polar surface area (TPSA) is 55.1 Å². The number of nitrogens with two attached hydrogens (primary N) is 1. The number of amides is 1. The predicted molar refractivity (Wildman–Crippen MR) is 68.9 cm³/mol. The van der Waals surface area contributed by atoms with Gasteiger partial charge in [-0.25, -0.2) is 0 Å². The van der Waals surface area contributed by atoms with Crippen LogP contribution < -0.4 is 11.1 Å². The van der Waals surface area contributed by atoms with E-state index in [9.17, 15) is 4.79 Å². The molecule has 0 aromatic heterocycles. The van der Waals surface area contributed by atoms with Crippen molar-refractivity contribution in [1.82, 2.24) is 5.32 Å². The summed E-state index contributed by atoms with van der Waals surface area (Å²) < 4.78 is 0. The van der Waals surface area contributed by atoms with Crippen molar-refractivity contribution in [3.63, 3.8) is 0 Å². The van der Waals surface area contributed by atoms with Crippen molar-refractivity contribution in [2.24, 2.45) is 5.73 Å². The fraction of sp³-hybridized carbons (Fsp3) is 0.500. The van der Waals surface area contributed by atoms with E-state index >= 15 is 0 Å². The second kappa shape index (κ2) is 4.88. The molecule has 2 rings (SSSR count). The van der Waals surface area contributed by atoms with Gasteiger partial charge in [0, 0.05) is 17.6 Å². The SMILES string of the molecule is CCc1ccc(C(=O)NCC2(N)CCC2)cc1. The molecule has 3 heteroatoms.